The van der Waals surface area contributed by atoms with Gasteiger partial charge in [0.1, 0.15) is 12.4 Å². The first kappa shape index (κ1) is 14.3. The number of ether oxygens (including phenoxy) is 2. The van der Waals surface area contributed by atoms with Gasteiger partial charge in [0.15, 0.2) is 0 Å². The van der Waals surface area contributed by atoms with Crippen molar-refractivity contribution in [3.8, 4) is 5.75 Å². The zero-order valence-electron chi connectivity index (χ0n) is 11.9. The van der Waals surface area contributed by atoms with E-state index in [0.29, 0.717) is 13.2 Å². The standard InChI is InChI=1S/C16H20N2O2/c1-3-13-10-14(12-17-11-13)18-15-6-4-5-7-16(15)20-9-8-19-2/h4-7,10-12,18H,3,8-9H2,1-2H3. The van der Waals surface area contributed by atoms with E-state index >= 15 is 0 Å². The third-order valence-electron chi connectivity index (χ3n) is 2.91. The van der Waals surface area contributed by atoms with E-state index in [1.54, 1.807) is 7.11 Å². The Morgan fingerprint density at radius 1 is 1.15 bits per heavy atom. The molecule has 1 aromatic carbocycles. The van der Waals surface area contributed by atoms with Crippen LogP contribution in [0.4, 0.5) is 11.4 Å². The van der Waals surface area contributed by atoms with Crippen LogP contribution < -0.4 is 10.1 Å². The lowest BCUT2D eigenvalue weighted by atomic mass is 10.2. The molecule has 0 unspecified atom stereocenters. The second kappa shape index (κ2) is 7.50. The molecule has 1 aromatic heterocycles. The zero-order valence-corrected chi connectivity index (χ0v) is 11.9. The average molecular weight is 272 g/mol. The van der Waals surface area contributed by atoms with E-state index in [-0.39, 0.29) is 0 Å². The normalized spacial score (nSPS) is 10.3. The summed E-state index contributed by atoms with van der Waals surface area (Å²) in [4.78, 5) is 4.23. The number of pyridine rings is 1. The molecule has 4 heteroatoms. The third-order valence-corrected chi connectivity index (χ3v) is 2.91. The van der Waals surface area contributed by atoms with Gasteiger partial charge in [0.05, 0.1) is 24.2 Å². The van der Waals surface area contributed by atoms with Crippen LogP contribution in [-0.2, 0) is 11.2 Å². The smallest absolute Gasteiger partial charge is 0.142 e. The second-order valence-corrected chi connectivity index (χ2v) is 4.40. The molecule has 0 fully saturated rings. The highest BCUT2D eigenvalue weighted by molar-refractivity contribution is 5.65. The lowest BCUT2D eigenvalue weighted by Gasteiger charge is -2.13. The number of hydrogen-bond acceptors (Lipinski definition) is 4. The summed E-state index contributed by atoms with van der Waals surface area (Å²) in [5, 5.41) is 3.35. The van der Waals surface area contributed by atoms with Crippen molar-refractivity contribution in [3.63, 3.8) is 0 Å². The number of methoxy groups -OCH3 is 1. The molecule has 2 rings (SSSR count). The summed E-state index contributed by atoms with van der Waals surface area (Å²) in [6, 6.07) is 9.95. The van der Waals surface area contributed by atoms with Gasteiger partial charge >= 0.3 is 0 Å². The summed E-state index contributed by atoms with van der Waals surface area (Å²) in [6.07, 6.45) is 4.66. The first-order chi connectivity index (χ1) is 9.83. The molecule has 2 aromatic rings. The van der Waals surface area contributed by atoms with Crippen LogP contribution in [0.3, 0.4) is 0 Å². The fraction of sp³-hybridized carbons (Fsp3) is 0.312. The summed E-state index contributed by atoms with van der Waals surface area (Å²) >= 11 is 0. The fourth-order valence-corrected chi connectivity index (χ4v) is 1.84. The third kappa shape index (κ3) is 3.96. The van der Waals surface area contributed by atoms with Gasteiger partial charge in [0.2, 0.25) is 0 Å². The number of aromatic nitrogens is 1. The molecule has 0 amide bonds. The minimum Gasteiger partial charge on any atom is -0.489 e. The molecule has 0 atom stereocenters. The van der Waals surface area contributed by atoms with Gasteiger partial charge in [-0.1, -0.05) is 19.1 Å². The minimum atomic E-state index is 0.530. The second-order valence-electron chi connectivity index (χ2n) is 4.40. The van der Waals surface area contributed by atoms with Crippen molar-refractivity contribution in [2.45, 2.75) is 13.3 Å². The van der Waals surface area contributed by atoms with E-state index < -0.39 is 0 Å². The van der Waals surface area contributed by atoms with E-state index in [2.05, 4.69) is 23.3 Å². The Labute approximate surface area is 119 Å². The van der Waals surface area contributed by atoms with Gasteiger partial charge in [-0.25, -0.2) is 0 Å². The van der Waals surface area contributed by atoms with Gasteiger partial charge in [0.25, 0.3) is 0 Å². The molecule has 0 aliphatic heterocycles. The highest BCUT2D eigenvalue weighted by Gasteiger charge is 2.04. The fourth-order valence-electron chi connectivity index (χ4n) is 1.84. The van der Waals surface area contributed by atoms with Crippen LogP contribution in [0.25, 0.3) is 0 Å². The van der Waals surface area contributed by atoms with E-state index in [0.717, 1.165) is 23.5 Å². The Kier molecular flexibility index (Phi) is 5.38. The number of benzene rings is 1. The number of hydrogen-bond donors (Lipinski definition) is 1. The predicted octanol–water partition coefficient (Wildman–Crippen LogP) is 3.41. The van der Waals surface area contributed by atoms with Crippen molar-refractivity contribution in [3.05, 3.63) is 48.3 Å². The van der Waals surface area contributed by atoms with Crippen molar-refractivity contribution in [2.24, 2.45) is 0 Å². The van der Waals surface area contributed by atoms with Gasteiger partial charge in [-0.3, -0.25) is 4.98 Å². The van der Waals surface area contributed by atoms with Crippen molar-refractivity contribution < 1.29 is 9.47 Å². The maximum atomic E-state index is 5.70. The average Bonchev–Trinajstić information content (AvgIpc) is 2.49. The number of para-hydroxylation sites is 2. The SMILES string of the molecule is CCc1cncc(Nc2ccccc2OCCOC)c1. The van der Waals surface area contributed by atoms with Crippen molar-refractivity contribution in [2.75, 3.05) is 25.6 Å². The Hall–Kier alpha value is -2.07. The molecule has 1 heterocycles. The summed E-state index contributed by atoms with van der Waals surface area (Å²) in [6.45, 7) is 3.21. The van der Waals surface area contributed by atoms with Crippen LogP contribution in [-0.4, -0.2) is 25.3 Å². The van der Waals surface area contributed by atoms with Crippen molar-refractivity contribution in [1.29, 1.82) is 0 Å². The Balaban J connectivity index is 2.11. The monoisotopic (exact) mass is 272 g/mol. The van der Waals surface area contributed by atoms with Crippen molar-refractivity contribution >= 4 is 11.4 Å². The van der Waals surface area contributed by atoms with Gasteiger partial charge in [-0.15, -0.1) is 0 Å². The minimum absolute atomic E-state index is 0.530. The molecule has 4 nitrogen and oxygen atoms in total. The zero-order chi connectivity index (χ0) is 14.2. The summed E-state index contributed by atoms with van der Waals surface area (Å²) < 4.78 is 10.7. The van der Waals surface area contributed by atoms with Crippen LogP contribution >= 0.6 is 0 Å². The molecule has 106 valence electrons. The molecule has 0 saturated carbocycles. The number of nitrogens with one attached hydrogen (secondary N) is 1. The van der Waals surface area contributed by atoms with Gasteiger partial charge < -0.3 is 14.8 Å². The van der Waals surface area contributed by atoms with E-state index in [1.165, 1.54) is 5.56 Å². The Bertz CT molecular complexity index is 544. The van der Waals surface area contributed by atoms with E-state index in [1.807, 2.05) is 36.7 Å². The molecule has 0 saturated heterocycles. The van der Waals surface area contributed by atoms with Crippen LogP contribution in [0.15, 0.2) is 42.7 Å². The molecule has 0 aliphatic carbocycles. The van der Waals surface area contributed by atoms with Crippen LogP contribution in [0.1, 0.15) is 12.5 Å². The van der Waals surface area contributed by atoms with Gasteiger partial charge in [-0.05, 0) is 30.2 Å². The van der Waals surface area contributed by atoms with Crippen molar-refractivity contribution in [1.82, 2.24) is 4.98 Å². The number of anilines is 2. The number of nitrogens with zero attached hydrogens (tertiary/aromatic N) is 1. The summed E-state index contributed by atoms with van der Waals surface area (Å²) in [5.41, 5.74) is 3.10. The molecule has 1 N–H and O–H groups in total. The Morgan fingerprint density at radius 3 is 2.80 bits per heavy atom. The quantitative estimate of drug-likeness (QED) is 0.784. The van der Waals surface area contributed by atoms with Crippen LogP contribution in [0.5, 0.6) is 5.75 Å². The first-order valence-corrected chi connectivity index (χ1v) is 6.75. The van der Waals surface area contributed by atoms with Crippen LogP contribution in [0, 0.1) is 0 Å². The molecular formula is C16H20N2O2. The molecule has 0 spiro atoms. The number of aryl methyl sites for hydroxylation is 1. The molecular weight excluding hydrogens is 252 g/mol. The van der Waals surface area contributed by atoms with E-state index in [4.69, 9.17) is 9.47 Å². The lowest BCUT2D eigenvalue weighted by molar-refractivity contribution is 0.146. The molecule has 0 aliphatic rings. The van der Waals surface area contributed by atoms with E-state index in [9.17, 15) is 0 Å². The number of rotatable bonds is 7. The largest absolute Gasteiger partial charge is 0.489 e. The summed E-state index contributed by atoms with van der Waals surface area (Å²) in [5.74, 6) is 0.812. The maximum absolute atomic E-state index is 5.70. The lowest BCUT2D eigenvalue weighted by Crippen LogP contribution is -2.05. The Morgan fingerprint density at radius 2 is 2.00 bits per heavy atom. The molecule has 0 bridgehead atoms. The van der Waals surface area contributed by atoms with Gasteiger partial charge in [0, 0.05) is 13.3 Å². The maximum Gasteiger partial charge on any atom is 0.142 e. The van der Waals surface area contributed by atoms with Gasteiger partial charge in [-0.2, -0.15) is 0 Å². The van der Waals surface area contributed by atoms with Crippen LogP contribution in [0.2, 0.25) is 0 Å². The molecule has 20 heavy (non-hydrogen) atoms. The topological polar surface area (TPSA) is 43.4 Å². The summed E-state index contributed by atoms with van der Waals surface area (Å²) in [7, 11) is 1.66. The first-order valence-electron chi connectivity index (χ1n) is 6.75. The predicted molar refractivity (Wildman–Crippen MR) is 80.7 cm³/mol. The highest BCUT2D eigenvalue weighted by atomic mass is 16.5. The molecule has 0 radical (unpaired) electrons. The highest BCUT2D eigenvalue weighted by Crippen LogP contribution is 2.27.